The van der Waals surface area contributed by atoms with Crippen LogP contribution in [0.3, 0.4) is 0 Å². The summed E-state index contributed by atoms with van der Waals surface area (Å²) >= 11 is 1.78. The molecule has 2 nitrogen and oxygen atoms in total. The fourth-order valence-corrected chi connectivity index (χ4v) is 3.31. The molecule has 0 saturated heterocycles. The van der Waals surface area contributed by atoms with Crippen molar-refractivity contribution in [3.05, 3.63) is 21.9 Å². The second kappa shape index (κ2) is 5.30. The lowest BCUT2D eigenvalue weighted by Gasteiger charge is -2.23. The average Bonchev–Trinajstić information content (AvgIpc) is 2.84. The first-order valence-electron chi connectivity index (χ1n) is 6.21. The topological polar surface area (TPSA) is 38.0 Å². The molecule has 0 aromatic carbocycles. The number of nitrogens with two attached hydrogens (primary N) is 1. The first-order chi connectivity index (χ1) is 7.70. The summed E-state index contributed by atoms with van der Waals surface area (Å²) in [6.07, 6.45) is 6.19. The molecular formula is C13H22N2S. The Morgan fingerprint density at radius 2 is 2.12 bits per heavy atom. The predicted octanol–water partition coefficient (Wildman–Crippen LogP) is 2.81. The van der Waals surface area contributed by atoms with Gasteiger partial charge in [-0.2, -0.15) is 11.3 Å². The molecule has 1 aliphatic carbocycles. The maximum Gasteiger partial charge on any atom is 0.0216 e. The minimum absolute atomic E-state index is 0.136. The van der Waals surface area contributed by atoms with Gasteiger partial charge >= 0.3 is 0 Å². The summed E-state index contributed by atoms with van der Waals surface area (Å²) in [6, 6.07) is 0. The van der Waals surface area contributed by atoms with E-state index in [0.29, 0.717) is 0 Å². The van der Waals surface area contributed by atoms with Crippen molar-refractivity contribution < 1.29 is 0 Å². The summed E-state index contributed by atoms with van der Waals surface area (Å²) in [5.74, 6) is 0. The van der Waals surface area contributed by atoms with Crippen LogP contribution in [0.15, 0.2) is 10.8 Å². The highest BCUT2D eigenvalue weighted by atomic mass is 32.1. The van der Waals surface area contributed by atoms with E-state index >= 15 is 0 Å². The minimum Gasteiger partial charge on any atom is -0.325 e. The summed E-state index contributed by atoms with van der Waals surface area (Å²) in [4.78, 5) is 0. The molecule has 1 fully saturated rings. The Balaban J connectivity index is 1.67. The van der Waals surface area contributed by atoms with Crippen LogP contribution in [0.1, 0.15) is 43.2 Å². The van der Waals surface area contributed by atoms with E-state index in [1.807, 2.05) is 0 Å². The standard InChI is InChI=1S/C13H22N2S/c1-11-9-16-10-12(11)8-15-7-6-13(14)4-2-3-5-13/h9-10,15H,2-8,14H2,1H3. The van der Waals surface area contributed by atoms with Crippen molar-refractivity contribution in [1.82, 2.24) is 5.32 Å². The van der Waals surface area contributed by atoms with Crippen molar-refractivity contribution in [3.8, 4) is 0 Å². The predicted molar refractivity (Wildman–Crippen MR) is 70.8 cm³/mol. The quantitative estimate of drug-likeness (QED) is 0.774. The van der Waals surface area contributed by atoms with E-state index in [1.165, 1.54) is 36.8 Å². The molecule has 0 spiro atoms. The zero-order valence-corrected chi connectivity index (χ0v) is 10.9. The lowest BCUT2D eigenvalue weighted by atomic mass is 9.95. The smallest absolute Gasteiger partial charge is 0.0216 e. The molecule has 3 N–H and O–H groups in total. The van der Waals surface area contributed by atoms with E-state index in [4.69, 9.17) is 5.73 Å². The molecule has 1 aromatic heterocycles. The highest BCUT2D eigenvalue weighted by Crippen LogP contribution is 2.29. The minimum atomic E-state index is 0.136. The molecule has 1 saturated carbocycles. The molecule has 16 heavy (non-hydrogen) atoms. The number of hydrogen-bond acceptors (Lipinski definition) is 3. The van der Waals surface area contributed by atoms with Crippen molar-refractivity contribution in [2.45, 2.75) is 51.1 Å². The van der Waals surface area contributed by atoms with E-state index in [2.05, 4.69) is 23.0 Å². The molecule has 0 radical (unpaired) electrons. The van der Waals surface area contributed by atoms with E-state index in [1.54, 1.807) is 11.3 Å². The van der Waals surface area contributed by atoms with Crippen LogP contribution in [0.25, 0.3) is 0 Å². The normalized spacial score (nSPS) is 19.1. The summed E-state index contributed by atoms with van der Waals surface area (Å²) in [6.45, 7) is 4.21. The summed E-state index contributed by atoms with van der Waals surface area (Å²) in [5, 5.41) is 7.95. The largest absolute Gasteiger partial charge is 0.325 e. The van der Waals surface area contributed by atoms with Crippen molar-refractivity contribution >= 4 is 11.3 Å². The maximum absolute atomic E-state index is 6.31. The first-order valence-corrected chi connectivity index (χ1v) is 7.15. The van der Waals surface area contributed by atoms with Crippen LogP contribution in [0, 0.1) is 6.92 Å². The van der Waals surface area contributed by atoms with Crippen molar-refractivity contribution in [3.63, 3.8) is 0 Å². The molecule has 0 bridgehead atoms. The van der Waals surface area contributed by atoms with Crippen molar-refractivity contribution in [2.24, 2.45) is 5.73 Å². The summed E-state index contributed by atoms with van der Waals surface area (Å²) < 4.78 is 0. The van der Waals surface area contributed by atoms with Gasteiger partial charge in [0.2, 0.25) is 0 Å². The maximum atomic E-state index is 6.31. The molecule has 2 rings (SSSR count). The van der Waals surface area contributed by atoms with Crippen LogP contribution in [-0.2, 0) is 6.54 Å². The summed E-state index contributed by atoms with van der Waals surface area (Å²) in [5.41, 5.74) is 9.28. The highest BCUT2D eigenvalue weighted by Gasteiger charge is 2.28. The Kier molecular flexibility index (Phi) is 4.00. The van der Waals surface area contributed by atoms with E-state index in [9.17, 15) is 0 Å². The molecule has 0 atom stereocenters. The molecule has 1 aliphatic rings. The van der Waals surface area contributed by atoms with Gasteiger partial charge in [0.15, 0.2) is 0 Å². The molecular weight excluding hydrogens is 216 g/mol. The Morgan fingerprint density at radius 1 is 1.38 bits per heavy atom. The average molecular weight is 238 g/mol. The summed E-state index contributed by atoms with van der Waals surface area (Å²) in [7, 11) is 0. The highest BCUT2D eigenvalue weighted by molar-refractivity contribution is 7.08. The second-order valence-electron chi connectivity index (χ2n) is 5.08. The van der Waals surface area contributed by atoms with Crippen LogP contribution in [0.4, 0.5) is 0 Å². The third kappa shape index (κ3) is 3.06. The zero-order valence-electron chi connectivity index (χ0n) is 10.1. The molecule has 3 heteroatoms. The molecule has 0 unspecified atom stereocenters. The van der Waals surface area contributed by atoms with Crippen LogP contribution in [-0.4, -0.2) is 12.1 Å². The molecule has 0 aliphatic heterocycles. The first kappa shape index (κ1) is 12.1. The van der Waals surface area contributed by atoms with Gasteiger partial charge in [-0.3, -0.25) is 0 Å². The van der Waals surface area contributed by atoms with Gasteiger partial charge in [-0.05, 0) is 54.6 Å². The third-order valence-electron chi connectivity index (χ3n) is 3.68. The Hall–Kier alpha value is -0.380. The monoisotopic (exact) mass is 238 g/mol. The van der Waals surface area contributed by atoms with Gasteiger partial charge in [-0.1, -0.05) is 12.8 Å². The molecule has 90 valence electrons. The van der Waals surface area contributed by atoms with Gasteiger partial charge in [-0.15, -0.1) is 0 Å². The van der Waals surface area contributed by atoms with Crippen LogP contribution in [0.2, 0.25) is 0 Å². The van der Waals surface area contributed by atoms with Gasteiger partial charge < -0.3 is 11.1 Å². The van der Waals surface area contributed by atoms with E-state index in [0.717, 1.165) is 19.5 Å². The SMILES string of the molecule is Cc1cscc1CNCCC1(N)CCCC1. The van der Waals surface area contributed by atoms with Gasteiger partial charge in [0.1, 0.15) is 0 Å². The Bertz CT molecular complexity index is 326. The van der Waals surface area contributed by atoms with Crippen LogP contribution in [0.5, 0.6) is 0 Å². The van der Waals surface area contributed by atoms with Crippen LogP contribution < -0.4 is 11.1 Å². The van der Waals surface area contributed by atoms with Crippen molar-refractivity contribution in [2.75, 3.05) is 6.54 Å². The van der Waals surface area contributed by atoms with Crippen LogP contribution >= 0.6 is 11.3 Å². The number of rotatable bonds is 5. The van der Waals surface area contributed by atoms with Gasteiger partial charge in [0.05, 0.1) is 0 Å². The van der Waals surface area contributed by atoms with Crippen molar-refractivity contribution in [1.29, 1.82) is 0 Å². The Morgan fingerprint density at radius 3 is 2.75 bits per heavy atom. The lowest BCUT2D eigenvalue weighted by Crippen LogP contribution is -2.39. The zero-order chi connectivity index (χ0) is 11.4. The second-order valence-corrected chi connectivity index (χ2v) is 5.82. The number of nitrogens with one attached hydrogen (secondary N) is 1. The number of thiophene rings is 1. The fourth-order valence-electron chi connectivity index (χ4n) is 2.46. The number of aryl methyl sites for hydroxylation is 1. The third-order valence-corrected chi connectivity index (χ3v) is 4.59. The van der Waals surface area contributed by atoms with Gasteiger partial charge in [-0.25, -0.2) is 0 Å². The number of hydrogen-bond donors (Lipinski definition) is 2. The van der Waals surface area contributed by atoms with Gasteiger partial charge in [0, 0.05) is 12.1 Å². The fraction of sp³-hybridized carbons (Fsp3) is 0.692. The molecule has 1 aromatic rings. The van der Waals surface area contributed by atoms with E-state index < -0.39 is 0 Å². The van der Waals surface area contributed by atoms with Gasteiger partial charge in [0.25, 0.3) is 0 Å². The van der Waals surface area contributed by atoms with E-state index in [-0.39, 0.29) is 5.54 Å². The molecule has 1 heterocycles. The molecule has 0 amide bonds. The lowest BCUT2D eigenvalue weighted by molar-refractivity contribution is 0.393. The Labute approximate surface area is 102 Å².